The van der Waals surface area contributed by atoms with Crippen LogP contribution in [0.5, 0.6) is 11.5 Å². The van der Waals surface area contributed by atoms with Crippen LogP contribution >= 0.6 is 25.3 Å². The van der Waals surface area contributed by atoms with Gasteiger partial charge in [0.15, 0.2) is 5.96 Å². The molecule has 0 aliphatic heterocycles. The van der Waals surface area contributed by atoms with E-state index in [9.17, 15) is 68.7 Å². The Kier molecular flexibility index (Phi) is 28.7. The van der Waals surface area contributed by atoms with Crippen molar-refractivity contribution in [1.82, 2.24) is 42.5 Å². The number of hydrogen-bond donors (Lipinski definition) is 18. The van der Waals surface area contributed by atoms with Gasteiger partial charge in [-0.05, 0) is 79.8 Å². The molecule has 0 spiro atoms. The molecule has 2 aromatic carbocycles. The summed E-state index contributed by atoms with van der Waals surface area (Å²) in [5.74, 6) is -10.6. The van der Waals surface area contributed by atoms with Crippen molar-refractivity contribution < 1.29 is 68.7 Å². The summed E-state index contributed by atoms with van der Waals surface area (Å²) in [6, 6.07) is -1.51. The first kappa shape index (κ1) is 66.2. The largest absolute Gasteiger partial charge is 0.508 e. The second-order valence-corrected chi connectivity index (χ2v) is 19.5. The molecule has 0 aliphatic rings. The maximum atomic E-state index is 14.1. The van der Waals surface area contributed by atoms with Crippen molar-refractivity contribution in [2.45, 2.75) is 134 Å². The molecule has 26 nitrogen and oxygen atoms in total. The fourth-order valence-corrected chi connectivity index (χ4v) is 7.84. The number of phenols is 2. The zero-order valence-electron chi connectivity index (χ0n) is 43.6. The number of thiol groups is 2. The number of aromatic hydroxyl groups is 2. The molecule has 0 radical (unpaired) electrons. The van der Waals surface area contributed by atoms with Crippen molar-refractivity contribution in [3.63, 3.8) is 0 Å². The normalized spacial score (nSPS) is 15.4. The number of nitrogens with zero attached hydrogens (tertiary/aromatic N) is 1. The molecule has 0 saturated carbocycles. The number of carboxylic acids is 1. The lowest BCUT2D eigenvalue weighted by atomic mass is 9.97. The average molecular weight is 1120 g/mol. The van der Waals surface area contributed by atoms with Gasteiger partial charge in [-0.25, -0.2) is 4.79 Å². The highest BCUT2D eigenvalue weighted by Crippen LogP contribution is 2.15. The summed E-state index contributed by atoms with van der Waals surface area (Å²) in [6.07, 6.45) is -1.44. The lowest BCUT2D eigenvalue weighted by Crippen LogP contribution is -2.63. The number of aliphatic imine (C=N–C) groups is 1. The number of benzene rings is 2. The van der Waals surface area contributed by atoms with Gasteiger partial charge >= 0.3 is 5.97 Å². The number of aliphatic carboxylic acids is 1. The fourth-order valence-electron chi connectivity index (χ4n) is 7.34. The molecular formula is C49H76N12O14S2. The van der Waals surface area contributed by atoms with Crippen LogP contribution in [-0.4, -0.2) is 170 Å². The van der Waals surface area contributed by atoms with Crippen LogP contribution in [0.15, 0.2) is 53.5 Å². The SMILES string of the molecule is CC[C@H](C)[C@H](NC(=O)[C@@H](NC(=O)[C@H](CCCN=C(N)N)NC(=O)[C@H](CC(C)C)NC(=O)[C@@H](N)Cc1ccc(O)cc1)[C@@H](C)O)C(=O)N[C@@H](CO)C(=O)N[C@@H](Cc1ccc(O)cc1)C(=O)N[C@@H](CS)C(=O)N[C@@H](CS)C(=O)O. The molecule has 0 aliphatic carbocycles. The summed E-state index contributed by atoms with van der Waals surface area (Å²) >= 11 is 8.03. The smallest absolute Gasteiger partial charge is 0.327 e. The van der Waals surface area contributed by atoms with E-state index in [1.807, 2.05) is 0 Å². The van der Waals surface area contributed by atoms with Crippen molar-refractivity contribution in [2.24, 2.45) is 34.0 Å². The van der Waals surface area contributed by atoms with Gasteiger partial charge in [0.05, 0.1) is 18.8 Å². The number of carbonyl (C=O) groups is 9. The first-order valence-electron chi connectivity index (χ1n) is 24.8. The van der Waals surface area contributed by atoms with Gasteiger partial charge < -0.3 is 85.3 Å². The number of aliphatic hydroxyl groups excluding tert-OH is 2. The van der Waals surface area contributed by atoms with Gasteiger partial charge in [0.2, 0.25) is 47.3 Å². The summed E-state index contributed by atoms with van der Waals surface area (Å²) in [7, 11) is 0. The number of hydrogen-bond acceptors (Lipinski definition) is 17. The number of phenolic OH excluding ortho intramolecular Hbond substituents is 2. The number of nitrogens with two attached hydrogens (primary N) is 3. The molecule has 0 fully saturated rings. The van der Waals surface area contributed by atoms with Crippen molar-refractivity contribution in [2.75, 3.05) is 24.7 Å². The number of rotatable bonds is 33. The van der Waals surface area contributed by atoms with E-state index >= 15 is 0 Å². The summed E-state index contributed by atoms with van der Waals surface area (Å²) in [5.41, 5.74) is 18.2. The molecule has 0 heterocycles. The van der Waals surface area contributed by atoms with Crippen LogP contribution in [0.4, 0.5) is 0 Å². The van der Waals surface area contributed by atoms with Crippen LogP contribution in [0.3, 0.4) is 0 Å². The van der Waals surface area contributed by atoms with Gasteiger partial charge in [-0.3, -0.25) is 43.3 Å². The Labute approximate surface area is 457 Å². The summed E-state index contributed by atoms with van der Waals surface area (Å²) in [6.45, 7) is 7.03. The van der Waals surface area contributed by atoms with E-state index in [4.69, 9.17) is 17.2 Å². The third-order valence-corrected chi connectivity index (χ3v) is 12.7. The predicted octanol–water partition coefficient (Wildman–Crippen LogP) is -3.45. The predicted molar refractivity (Wildman–Crippen MR) is 290 cm³/mol. The molecule has 0 saturated heterocycles. The molecule has 2 rings (SSSR count). The van der Waals surface area contributed by atoms with E-state index in [1.54, 1.807) is 39.8 Å². The molecule has 0 unspecified atom stereocenters. The van der Waals surface area contributed by atoms with Crippen LogP contribution in [-0.2, 0) is 56.0 Å². The van der Waals surface area contributed by atoms with Gasteiger partial charge in [0, 0.05) is 24.5 Å². The van der Waals surface area contributed by atoms with Crippen molar-refractivity contribution >= 4 is 84.4 Å². The Morgan fingerprint density at radius 2 is 1.00 bits per heavy atom. The van der Waals surface area contributed by atoms with Crippen LogP contribution in [0.1, 0.15) is 71.4 Å². The molecule has 428 valence electrons. The maximum Gasteiger partial charge on any atom is 0.327 e. The molecule has 2 aromatic rings. The zero-order chi connectivity index (χ0) is 58.1. The Morgan fingerprint density at radius 1 is 0.571 bits per heavy atom. The molecule has 11 atom stereocenters. The number of carboxylic acid groups (broad SMARTS) is 1. The molecule has 28 heteroatoms. The van der Waals surface area contributed by atoms with Crippen LogP contribution in [0, 0.1) is 11.8 Å². The highest BCUT2D eigenvalue weighted by Gasteiger charge is 2.37. The quantitative estimate of drug-likeness (QED) is 0.0143. The minimum absolute atomic E-state index is 0.0194. The van der Waals surface area contributed by atoms with Crippen LogP contribution in [0.25, 0.3) is 0 Å². The topological polar surface area (TPSA) is 441 Å². The van der Waals surface area contributed by atoms with E-state index in [0.29, 0.717) is 11.1 Å². The second kappa shape index (κ2) is 33.3. The fraction of sp³-hybridized carbons (Fsp3) is 0.551. The highest BCUT2D eigenvalue weighted by molar-refractivity contribution is 7.80. The minimum Gasteiger partial charge on any atom is -0.508 e. The molecule has 0 aromatic heterocycles. The Morgan fingerprint density at radius 3 is 1.49 bits per heavy atom. The van der Waals surface area contributed by atoms with E-state index in [2.05, 4.69) is 72.8 Å². The van der Waals surface area contributed by atoms with Gasteiger partial charge in [-0.15, -0.1) is 0 Å². The Balaban J connectivity index is 2.37. The number of aliphatic hydroxyl groups is 2. The van der Waals surface area contributed by atoms with Gasteiger partial charge in [-0.1, -0.05) is 58.4 Å². The number of carbonyl (C=O) groups excluding carboxylic acids is 8. The van der Waals surface area contributed by atoms with E-state index in [0.717, 1.165) is 0 Å². The van der Waals surface area contributed by atoms with Gasteiger partial charge in [0.25, 0.3) is 0 Å². The number of amides is 8. The van der Waals surface area contributed by atoms with E-state index < -0.39 is 126 Å². The number of nitrogens with one attached hydrogen (secondary N) is 8. The molecule has 77 heavy (non-hydrogen) atoms. The maximum absolute atomic E-state index is 14.1. The summed E-state index contributed by atoms with van der Waals surface area (Å²) in [5, 5.41) is 69.8. The third-order valence-electron chi connectivity index (χ3n) is 11.9. The first-order valence-corrected chi connectivity index (χ1v) is 26.0. The van der Waals surface area contributed by atoms with E-state index in [-0.39, 0.29) is 80.0 Å². The molecular weight excluding hydrogens is 1040 g/mol. The monoisotopic (exact) mass is 1120 g/mol. The Bertz CT molecular complexity index is 2330. The Hall–Kier alpha value is -6.88. The van der Waals surface area contributed by atoms with Crippen molar-refractivity contribution in [1.29, 1.82) is 0 Å². The summed E-state index contributed by atoms with van der Waals surface area (Å²) in [4.78, 5) is 125. The lowest BCUT2D eigenvalue weighted by molar-refractivity contribution is -0.141. The lowest BCUT2D eigenvalue weighted by Gasteiger charge is -2.30. The van der Waals surface area contributed by atoms with Crippen molar-refractivity contribution in [3.05, 3.63) is 59.7 Å². The molecule has 19 N–H and O–H groups in total. The average Bonchev–Trinajstić information content (AvgIpc) is 3.37. The van der Waals surface area contributed by atoms with Gasteiger partial charge in [0.1, 0.15) is 59.8 Å². The molecule has 0 bridgehead atoms. The second-order valence-electron chi connectivity index (χ2n) is 18.8. The first-order chi connectivity index (χ1) is 36.2. The minimum atomic E-state index is -1.77. The number of guanidine groups is 1. The van der Waals surface area contributed by atoms with Crippen LogP contribution in [0.2, 0.25) is 0 Å². The summed E-state index contributed by atoms with van der Waals surface area (Å²) < 4.78 is 0. The van der Waals surface area contributed by atoms with E-state index in [1.165, 1.54) is 43.3 Å². The standard InChI is InChI=1S/C49H76N12O14S2/c1-6-25(4)38(46(72)57-35(21-62)44(70)56-34(20-28-11-15-30(65)16-12-28)43(69)58-36(22-76)45(71)59-37(23-77)48(74)75)60-47(73)39(26(5)63)61-41(67)32(8-7-17-53-49(51)52)54-42(68)33(18-24(2)3)55-40(66)31(50)19-27-9-13-29(64)14-10-27/h9-16,24-26,31-39,62-65,76-77H,6-8,17-23,50H2,1-5H3,(H,54,68)(H,55,66)(H,56,70)(H,57,72)(H,58,69)(H,59,71)(H,60,73)(H,61,67)(H,74,75)(H4,51,52,53)/t25-,26+,31-,32-,33-,34-,35-,36-,37-,38-,39-/m0/s1. The van der Waals surface area contributed by atoms with Crippen molar-refractivity contribution in [3.8, 4) is 11.5 Å². The van der Waals surface area contributed by atoms with Gasteiger partial charge in [-0.2, -0.15) is 25.3 Å². The zero-order valence-corrected chi connectivity index (χ0v) is 45.4. The highest BCUT2D eigenvalue weighted by atomic mass is 32.1. The molecule has 8 amide bonds. The van der Waals surface area contributed by atoms with Crippen LogP contribution < -0.4 is 59.7 Å². The third kappa shape index (κ3) is 23.1.